The lowest BCUT2D eigenvalue weighted by molar-refractivity contribution is 0.00286. The Balaban J connectivity index is 1.61. The van der Waals surface area contributed by atoms with Gasteiger partial charge in [-0.1, -0.05) is 42.1 Å². The average molecular weight is 416 g/mol. The summed E-state index contributed by atoms with van der Waals surface area (Å²) in [5.74, 6) is 0.703. The summed E-state index contributed by atoms with van der Waals surface area (Å²) in [5, 5.41) is 11.6. The molecule has 0 radical (unpaired) electrons. The molecule has 2 aliphatic rings. The smallest absolute Gasteiger partial charge is 0.410 e. The van der Waals surface area contributed by atoms with Crippen molar-refractivity contribution in [2.24, 2.45) is 10.9 Å². The summed E-state index contributed by atoms with van der Waals surface area (Å²) >= 11 is 1.34. The molecule has 2 N–H and O–H groups in total. The Kier molecular flexibility index (Phi) is 5.73. The number of nitrogens with one attached hydrogen (secondary N) is 1. The van der Waals surface area contributed by atoms with Crippen molar-refractivity contribution < 1.29 is 23.8 Å². The zero-order chi connectivity index (χ0) is 20.3. The van der Waals surface area contributed by atoms with Crippen molar-refractivity contribution in [2.45, 2.75) is 18.6 Å². The van der Waals surface area contributed by atoms with E-state index in [1.54, 1.807) is 12.1 Å². The summed E-state index contributed by atoms with van der Waals surface area (Å²) in [6.07, 6.45) is -0.450. The van der Waals surface area contributed by atoms with Gasteiger partial charge in [0, 0.05) is 29.9 Å². The second-order valence-electron chi connectivity index (χ2n) is 7.04. The maximum absolute atomic E-state index is 15.2. The van der Waals surface area contributed by atoms with Gasteiger partial charge in [-0.15, -0.1) is 0 Å². The SMILES string of the molecule is O=C(O)NC1=N[C@@]2(c3ccc(OCc4ccccc4)cc3F)COCC[C@H]2CS1. The Bertz CT molecular complexity index is 924. The number of hydrogen-bond donors (Lipinski definition) is 2. The van der Waals surface area contributed by atoms with Gasteiger partial charge in [-0.3, -0.25) is 5.32 Å². The lowest BCUT2D eigenvalue weighted by atomic mass is 9.76. The van der Waals surface area contributed by atoms with Crippen LogP contribution < -0.4 is 10.1 Å². The van der Waals surface area contributed by atoms with Crippen molar-refractivity contribution in [3.8, 4) is 5.75 Å². The molecule has 0 saturated carbocycles. The second-order valence-corrected chi connectivity index (χ2v) is 8.05. The highest BCUT2D eigenvalue weighted by Crippen LogP contribution is 2.45. The molecule has 2 atom stereocenters. The van der Waals surface area contributed by atoms with Gasteiger partial charge in [0.2, 0.25) is 0 Å². The highest BCUT2D eigenvalue weighted by atomic mass is 32.2. The molecule has 1 saturated heterocycles. The molecular weight excluding hydrogens is 395 g/mol. The Hall–Kier alpha value is -2.58. The fraction of sp³-hybridized carbons (Fsp3) is 0.333. The number of fused-ring (bicyclic) bond motifs is 1. The van der Waals surface area contributed by atoms with Gasteiger partial charge in [-0.25, -0.2) is 14.2 Å². The molecule has 4 rings (SSSR count). The number of thioether (sulfide) groups is 1. The molecule has 152 valence electrons. The number of ether oxygens (including phenoxy) is 2. The lowest BCUT2D eigenvalue weighted by Crippen LogP contribution is -2.49. The summed E-state index contributed by atoms with van der Waals surface area (Å²) in [4.78, 5) is 15.7. The van der Waals surface area contributed by atoms with Gasteiger partial charge in [0.15, 0.2) is 5.17 Å². The molecule has 0 bridgehead atoms. The van der Waals surface area contributed by atoms with Crippen molar-refractivity contribution in [1.82, 2.24) is 5.32 Å². The standard InChI is InChI=1S/C21H21FN2O4S/c22-18-10-16(28-11-14-4-2-1-3-5-14)6-7-17(18)21-13-27-9-8-15(21)12-29-19(24-21)23-20(25)26/h1-7,10,15H,8-9,11-13H2,(H,23,24)(H,25,26)/t15-,21-/m0/s1. The van der Waals surface area contributed by atoms with E-state index in [-0.39, 0.29) is 17.7 Å². The molecular formula is C21H21FN2O4S. The van der Waals surface area contributed by atoms with Crippen LogP contribution in [0.15, 0.2) is 53.5 Å². The summed E-state index contributed by atoms with van der Waals surface area (Å²) in [5.41, 5.74) is 0.456. The van der Waals surface area contributed by atoms with Crippen molar-refractivity contribution >= 4 is 23.0 Å². The van der Waals surface area contributed by atoms with Crippen LogP contribution in [0.3, 0.4) is 0 Å². The maximum atomic E-state index is 15.2. The van der Waals surface area contributed by atoms with Gasteiger partial charge in [-0.05, 0) is 24.1 Å². The van der Waals surface area contributed by atoms with E-state index in [9.17, 15) is 4.79 Å². The molecule has 1 fully saturated rings. The summed E-state index contributed by atoms with van der Waals surface area (Å²) in [6.45, 7) is 1.15. The van der Waals surface area contributed by atoms with E-state index in [0.717, 1.165) is 12.0 Å². The first-order chi connectivity index (χ1) is 14.1. The van der Waals surface area contributed by atoms with Gasteiger partial charge < -0.3 is 14.6 Å². The zero-order valence-corrected chi connectivity index (χ0v) is 16.5. The zero-order valence-electron chi connectivity index (χ0n) is 15.6. The highest BCUT2D eigenvalue weighted by Gasteiger charge is 2.47. The maximum Gasteiger partial charge on any atom is 0.410 e. The third-order valence-electron chi connectivity index (χ3n) is 5.20. The van der Waals surface area contributed by atoms with E-state index < -0.39 is 17.4 Å². The lowest BCUT2D eigenvalue weighted by Gasteiger charge is -2.44. The van der Waals surface area contributed by atoms with Gasteiger partial charge in [0.25, 0.3) is 0 Å². The predicted molar refractivity (Wildman–Crippen MR) is 109 cm³/mol. The number of nitrogens with zero attached hydrogens (tertiary/aromatic N) is 1. The number of halogens is 1. The van der Waals surface area contributed by atoms with Crippen LogP contribution in [0.2, 0.25) is 0 Å². The van der Waals surface area contributed by atoms with E-state index >= 15 is 4.39 Å². The minimum Gasteiger partial charge on any atom is -0.489 e. The molecule has 2 heterocycles. The number of benzene rings is 2. The van der Waals surface area contributed by atoms with Crippen LogP contribution in [0, 0.1) is 11.7 Å². The number of carboxylic acid groups (broad SMARTS) is 1. The normalized spacial score (nSPS) is 23.6. The number of aliphatic imine (C=N–C) groups is 1. The second kappa shape index (κ2) is 8.42. The first-order valence-electron chi connectivity index (χ1n) is 9.34. The van der Waals surface area contributed by atoms with Gasteiger partial charge in [0.1, 0.15) is 23.7 Å². The van der Waals surface area contributed by atoms with Crippen molar-refractivity contribution in [3.05, 3.63) is 65.5 Å². The molecule has 2 aliphatic heterocycles. The van der Waals surface area contributed by atoms with Crippen LogP contribution >= 0.6 is 11.8 Å². The summed E-state index contributed by atoms with van der Waals surface area (Å²) < 4.78 is 26.5. The Morgan fingerprint density at radius 3 is 2.93 bits per heavy atom. The van der Waals surface area contributed by atoms with Crippen LogP contribution in [0.4, 0.5) is 9.18 Å². The van der Waals surface area contributed by atoms with E-state index in [4.69, 9.17) is 14.6 Å². The number of carbonyl (C=O) groups is 1. The summed E-state index contributed by atoms with van der Waals surface area (Å²) in [7, 11) is 0. The predicted octanol–water partition coefficient (Wildman–Crippen LogP) is 4.01. The number of rotatable bonds is 4. The Morgan fingerprint density at radius 2 is 2.17 bits per heavy atom. The molecule has 29 heavy (non-hydrogen) atoms. The van der Waals surface area contributed by atoms with Gasteiger partial charge >= 0.3 is 6.09 Å². The number of amidine groups is 1. The molecule has 0 aromatic heterocycles. The minimum atomic E-state index is -1.19. The topological polar surface area (TPSA) is 80.2 Å². The Morgan fingerprint density at radius 1 is 1.34 bits per heavy atom. The first kappa shape index (κ1) is 19.7. The molecule has 8 heteroatoms. The van der Waals surface area contributed by atoms with Gasteiger partial charge in [-0.2, -0.15) is 0 Å². The fourth-order valence-electron chi connectivity index (χ4n) is 3.74. The molecule has 6 nitrogen and oxygen atoms in total. The van der Waals surface area contributed by atoms with Gasteiger partial charge in [0.05, 0.1) is 6.61 Å². The average Bonchev–Trinajstić information content (AvgIpc) is 2.72. The number of hydrogen-bond acceptors (Lipinski definition) is 5. The first-order valence-corrected chi connectivity index (χ1v) is 10.3. The highest BCUT2D eigenvalue weighted by molar-refractivity contribution is 8.13. The monoisotopic (exact) mass is 416 g/mol. The largest absolute Gasteiger partial charge is 0.489 e. The third kappa shape index (κ3) is 4.23. The Labute approximate surface area is 172 Å². The van der Waals surface area contributed by atoms with E-state index in [1.165, 1.54) is 17.8 Å². The van der Waals surface area contributed by atoms with E-state index in [0.29, 0.717) is 30.3 Å². The third-order valence-corrected chi connectivity index (χ3v) is 6.24. The van der Waals surface area contributed by atoms with Crippen molar-refractivity contribution in [1.29, 1.82) is 0 Å². The van der Waals surface area contributed by atoms with Crippen LogP contribution in [0.25, 0.3) is 0 Å². The molecule has 2 aromatic carbocycles. The number of amides is 1. The van der Waals surface area contributed by atoms with Crippen LogP contribution in [-0.2, 0) is 16.9 Å². The van der Waals surface area contributed by atoms with Crippen LogP contribution in [0.1, 0.15) is 17.5 Å². The summed E-state index contributed by atoms with van der Waals surface area (Å²) in [6, 6.07) is 14.4. The molecule has 0 aliphatic carbocycles. The molecule has 2 aromatic rings. The van der Waals surface area contributed by atoms with Crippen molar-refractivity contribution in [2.75, 3.05) is 19.0 Å². The van der Waals surface area contributed by atoms with E-state index in [1.807, 2.05) is 30.3 Å². The molecule has 0 spiro atoms. The van der Waals surface area contributed by atoms with Crippen LogP contribution in [-0.4, -0.2) is 35.3 Å². The minimum absolute atomic E-state index is 0.0613. The van der Waals surface area contributed by atoms with Crippen molar-refractivity contribution in [3.63, 3.8) is 0 Å². The van der Waals surface area contributed by atoms with E-state index in [2.05, 4.69) is 10.3 Å². The van der Waals surface area contributed by atoms with Crippen LogP contribution in [0.5, 0.6) is 5.75 Å². The fourth-order valence-corrected chi connectivity index (χ4v) is 4.93. The molecule has 0 unspecified atom stereocenters. The quantitative estimate of drug-likeness (QED) is 0.787. The molecule has 1 amide bonds.